The van der Waals surface area contributed by atoms with Gasteiger partial charge in [-0.05, 0) is 11.1 Å². The summed E-state index contributed by atoms with van der Waals surface area (Å²) in [6, 6.07) is 20.1. The lowest BCUT2D eigenvalue weighted by molar-refractivity contribution is -0.969. The average molecular weight is 357 g/mol. The van der Waals surface area contributed by atoms with Crippen LogP contribution >= 0.6 is 0 Å². The molecule has 0 radical (unpaired) electrons. The van der Waals surface area contributed by atoms with Gasteiger partial charge in [0.2, 0.25) is 5.96 Å². The Balaban J connectivity index is 0.000000765. The van der Waals surface area contributed by atoms with Crippen molar-refractivity contribution in [2.75, 3.05) is 0 Å². The van der Waals surface area contributed by atoms with Gasteiger partial charge in [-0.1, -0.05) is 60.7 Å². The molecule has 0 aliphatic heterocycles. The van der Waals surface area contributed by atoms with Gasteiger partial charge in [-0.3, -0.25) is 0 Å². The predicted octanol–water partition coefficient (Wildman–Crippen LogP) is 1.89. The van der Waals surface area contributed by atoms with Crippen LogP contribution in [-0.2, 0) is 12.8 Å². The predicted molar refractivity (Wildman–Crippen MR) is 99.2 cm³/mol. The van der Waals surface area contributed by atoms with E-state index >= 15 is 0 Å². The monoisotopic (exact) mass is 357 g/mol. The number of nitrogens with one attached hydrogen (secondary N) is 1. The van der Waals surface area contributed by atoms with Crippen LogP contribution in [0.15, 0.2) is 76.0 Å². The minimum absolute atomic E-state index is 0.161. The maximum atomic E-state index is 8.47. The topological polar surface area (TPSA) is 136 Å². The number of hydrazone groups is 1. The minimum atomic E-state index is -1.25. The largest absolute Gasteiger partial charge is 0.472 e. The van der Waals surface area contributed by atoms with Gasteiger partial charge < -0.3 is 5.73 Å². The SMILES string of the molecule is N/C(=N\N=C\Cc1ccccc1)N/N=C/Cc1ccccc1.O=[N+](O)O. The summed E-state index contributed by atoms with van der Waals surface area (Å²) in [7, 11) is 0. The second kappa shape index (κ2) is 12.6. The van der Waals surface area contributed by atoms with Crippen LogP contribution in [0.4, 0.5) is 0 Å². The van der Waals surface area contributed by atoms with E-state index in [0.717, 1.165) is 12.8 Å². The molecular weight excluding hydrogens is 336 g/mol. The third kappa shape index (κ3) is 10.9. The molecule has 0 fully saturated rings. The summed E-state index contributed by atoms with van der Waals surface area (Å²) in [4.78, 5) is 8.47. The van der Waals surface area contributed by atoms with Crippen LogP contribution in [0.3, 0.4) is 0 Å². The normalized spacial score (nSPS) is 11.2. The Hall–Kier alpha value is -3.75. The highest BCUT2D eigenvalue weighted by Crippen LogP contribution is 1.98. The number of guanidine groups is 1. The first-order valence-electron chi connectivity index (χ1n) is 7.63. The molecule has 2 aromatic carbocycles. The summed E-state index contributed by atoms with van der Waals surface area (Å²) in [6.45, 7) is 0. The molecule has 9 nitrogen and oxygen atoms in total. The third-order valence-corrected chi connectivity index (χ3v) is 2.86. The highest BCUT2D eigenvalue weighted by Gasteiger charge is 1.89. The molecule has 0 unspecified atom stereocenters. The molecule has 0 spiro atoms. The molecule has 5 N–H and O–H groups in total. The van der Waals surface area contributed by atoms with Crippen molar-refractivity contribution in [1.82, 2.24) is 5.43 Å². The third-order valence-electron chi connectivity index (χ3n) is 2.86. The van der Waals surface area contributed by atoms with Crippen molar-refractivity contribution in [3.8, 4) is 0 Å². The first-order chi connectivity index (χ1) is 12.6. The van der Waals surface area contributed by atoms with E-state index in [0.29, 0.717) is 0 Å². The molecule has 0 amide bonds. The van der Waals surface area contributed by atoms with Crippen LogP contribution in [0.1, 0.15) is 11.1 Å². The van der Waals surface area contributed by atoms with Crippen molar-refractivity contribution in [3.05, 3.63) is 76.7 Å². The van der Waals surface area contributed by atoms with E-state index in [2.05, 4.69) is 20.7 Å². The van der Waals surface area contributed by atoms with Gasteiger partial charge in [0, 0.05) is 25.3 Å². The van der Waals surface area contributed by atoms with Gasteiger partial charge >= 0.3 is 5.09 Å². The van der Waals surface area contributed by atoms with Crippen molar-refractivity contribution in [3.63, 3.8) is 0 Å². The summed E-state index contributed by atoms with van der Waals surface area (Å²) in [5.41, 5.74) is 10.6. The van der Waals surface area contributed by atoms with Gasteiger partial charge in [0.15, 0.2) is 0 Å². The number of nitrogens with two attached hydrogens (primary N) is 1. The zero-order valence-corrected chi connectivity index (χ0v) is 14.0. The Kier molecular flexibility index (Phi) is 9.87. The van der Waals surface area contributed by atoms with Crippen LogP contribution in [0.5, 0.6) is 0 Å². The fourth-order valence-electron chi connectivity index (χ4n) is 1.76. The fourth-order valence-corrected chi connectivity index (χ4v) is 1.76. The van der Waals surface area contributed by atoms with Crippen molar-refractivity contribution in [2.45, 2.75) is 12.8 Å². The lowest BCUT2D eigenvalue weighted by Gasteiger charge is -1.97. The maximum absolute atomic E-state index is 8.47. The molecule has 0 bridgehead atoms. The number of hydrogen-bond acceptors (Lipinski definition) is 4. The standard InChI is InChI=1S/C17H19N5.H2NO3/c18-17(21-19-13-11-15-7-3-1-4-8-15)22-20-14-12-16-9-5-2-6-10-16;2-1(3)4/h1-10,13-14H,11-12H2,(H3,18,21,22);(H2,2,3,4)/q;+1/b19-13+,20-14+;. The Morgan fingerprint density at radius 2 is 1.42 bits per heavy atom. The maximum Gasteiger partial charge on any atom is 0.472 e. The summed E-state index contributed by atoms with van der Waals surface area (Å²) >= 11 is 0. The molecule has 9 heteroatoms. The van der Waals surface area contributed by atoms with Gasteiger partial charge in [-0.15, -0.1) is 5.10 Å². The zero-order chi connectivity index (χ0) is 19.0. The van der Waals surface area contributed by atoms with Gasteiger partial charge in [-0.25, -0.2) is 15.8 Å². The van der Waals surface area contributed by atoms with Crippen LogP contribution in [0.25, 0.3) is 0 Å². The second-order valence-electron chi connectivity index (χ2n) is 4.84. The van der Waals surface area contributed by atoms with Crippen LogP contribution in [0.2, 0.25) is 0 Å². The highest BCUT2D eigenvalue weighted by molar-refractivity contribution is 5.79. The summed E-state index contributed by atoms with van der Waals surface area (Å²) < 4.78 is 0. The number of hydrogen-bond donors (Lipinski definition) is 4. The number of benzene rings is 2. The van der Waals surface area contributed by atoms with Gasteiger partial charge in [0.25, 0.3) is 0 Å². The van der Waals surface area contributed by atoms with Crippen LogP contribution in [0, 0.1) is 4.91 Å². The summed E-state index contributed by atoms with van der Waals surface area (Å²) in [6.07, 6.45) is 4.90. The molecule has 0 heterocycles. The highest BCUT2D eigenvalue weighted by atomic mass is 16.9. The summed E-state index contributed by atoms with van der Waals surface area (Å²) in [5, 5.41) is 24.3. The zero-order valence-electron chi connectivity index (χ0n) is 14.0. The van der Waals surface area contributed by atoms with E-state index in [1.165, 1.54) is 11.1 Å². The molecule has 136 valence electrons. The molecule has 0 aliphatic rings. The lowest BCUT2D eigenvalue weighted by atomic mass is 10.2. The van der Waals surface area contributed by atoms with Crippen molar-refractivity contribution < 1.29 is 15.5 Å². The van der Waals surface area contributed by atoms with Crippen LogP contribution in [-0.4, -0.2) is 33.9 Å². The molecule has 0 saturated heterocycles. The average Bonchev–Trinajstić information content (AvgIpc) is 2.64. The molecule has 0 aromatic heterocycles. The Bertz CT molecular complexity index is 729. The Morgan fingerprint density at radius 3 is 1.92 bits per heavy atom. The smallest absolute Gasteiger partial charge is 0.367 e. The van der Waals surface area contributed by atoms with Crippen LogP contribution < -0.4 is 11.2 Å². The first kappa shape index (κ1) is 20.3. The van der Waals surface area contributed by atoms with Crippen molar-refractivity contribution in [1.29, 1.82) is 0 Å². The molecule has 2 rings (SSSR count). The number of nitrogens with zero attached hydrogens (tertiary/aromatic N) is 4. The van der Waals surface area contributed by atoms with E-state index in [1.807, 2.05) is 60.7 Å². The summed E-state index contributed by atoms with van der Waals surface area (Å²) in [5.74, 6) is 0.161. The van der Waals surface area contributed by atoms with E-state index in [9.17, 15) is 0 Å². The van der Waals surface area contributed by atoms with E-state index in [1.54, 1.807) is 12.4 Å². The quantitative estimate of drug-likeness (QED) is 0.356. The molecular formula is C17H21N6O3+. The van der Waals surface area contributed by atoms with Crippen molar-refractivity contribution >= 4 is 18.4 Å². The Labute approximate surface area is 150 Å². The lowest BCUT2D eigenvalue weighted by Crippen LogP contribution is -2.26. The minimum Gasteiger partial charge on any atom is -0.367 e. The molecule has 0 aliphatic carbocycles. The Morgan fingerprint density at radius 1 is 0.962 bits per heavy atom. The van der Waals surface area contributed by atoms with Gasteiger partial charge in [-0.2, -0.15) is 10.2 Å². The molecule has 0 atom stereocenters. The van der Waals surface area contributed by atoms with Gasteiger partial charge in [0.05, 0.1) is 0 Å². The van der Waals surface area contributed by atoms with E-state index < -0.39 is 5.09 Å². The fraction of sp³-hybridized carbons (Fsp3) is 0.118. The van der Waals surface area contributed by atoms with Crippen molar-refractivity contribution in [2.24, 2.45) is 21.0 Å². The van der Waals surface area contributed by atoms with Gasteiger partial charge in [0.1, 0.15) is 4.91 Å². The molecule has 26 heavy (non-hydrogen) atoms. The first-order valence-corrected chi connectivity index (χ1v) is 7.63. The van der Waals surface area contributed by atoms with E-state index in [-0.39, 0.29) is 5.96 Å². The second-order valence-corrected chi connectivity index (χ2v) is 4.84. The molecule has 0 saturated carbocycles. The number of rotatable bonds is 6. The molecule has 2 aromatic rings. The van der Waals surface area contributed by atoms with E-state index in [4.69, 9.17) is 21.1 Å².